The molecular formula is C18H29NO3S. The van der Waals surface area contributed by atoms with E-state index in [0.29, 0.717) is 25.5 Å². The van der Waals surface area contributed by atoms with Crippen molar-refractivity contribution in [2.75, 3.05) is 25.5 Å². The fourth-order valence-corrected chi connectivity index (χ4v) is 2.60. The highest BCUT2D eigenvalue weighted by Gasteiger charge is 2.13. The van der Waals surface area contributed by atoms with Crippen LogP contribution < -0.4 is 14.8 Å². The van der Waals surface area contributed by atoms with Gasteiger partial charge in [0.15, 0.2) is 11.5 Å². The summed E-state index contributed by atoms with van der Waals surface area (Å²) in [6, 6.07) is 5.94. The lowest BCUT2D eigenvalue weighted by atomic mass is 10.1. The van der Waals surface area contributed by atoms with Gasteiger partial charge in [0.05, 0.1) is 19.0 Å². The molecule has 0 aromatic heterocycles. The molecule has 23 heavy (non-hydrogen) atoms. The first-order valence-electron chi connectivity index (χ1n) is 8.15. The Bertz CT molecular complexity index is 498. The minimum absolute atomic E-state index is 0.0842. The van der Waals surface area contributed by atoms with Crippen LogP contribution in [0.15, 0.2) is 18.2 Å². The molecule has 0 aliphatic carbocycles. The molecule has 0 atom stereocenters. The number of nitrogens with one attached hydrogen (secondary N) is 1. The molecule has 0 spiro atoms. The van der Waals surface area contributed by atoms with Crippen LogP contribution in [0, 0.1) is 0 Å². The van der Waals surface area contributed by atoms with Crippen LogP contribution in [0.25, 0.3) is 0 Å². The van der Waals surface area contributed by atoms with Crippen molar-refractivity contribution in [3.05, 3.63) is 23.8 Å². The van der Waals surface area contributed by atoms with Gasteiger partial charge >= 0.3 is 0 Å². The molecule has 0 aliphatic rings. The molecule has 1 aromatic carbocycles. The Labute approximate surface area is 144 Å². The van der Waals surface area contributed by atoms with Crippen molar-refractivity contribution in [1.29, 1.82) is 0 Å². The van der Waals surface area contributed by atoms with Crippen LogP contribution in [-0.2, 0) is 11.2 Å². The van der Waals surface area contributed by atoms with Gasteiger partial charge in [0.25, 0.3) is 0 Å². The molecule has 0 saturated carbocycles. The molecule has 4 nitrogen and oxygen atoms in total. The number of carbonyl (C=O) groups is 1. The lowest BCUT2D eigenvalue weighted by Gasteiger charge is -2.17. The van der Waals surface area contributed by atoms with Crippen LogP contribution in [0.2, 0.25) is 0 Å². The smallest absolute Gasteiger partial charge is 0.230 e. The summed E-state index contributed by atoms with van der Waals surface area (Å²) in [4.78, 5) is 11.8. The Morgan fingerprint density at radius 2 is 1.78 bits per heavy atom. The van der Waals surface area contributed by atoms with Gasteiger partial charge in [-0.15, -0.1) is 11.8 Å². The Morgan fingerprint density at radius 1 is 1.13 bits per heavy atom. The maximum atomic E-state index is 11.8. The predicted octanol–water partition coefficient (Wildman–Crippen LogP) is 3.67. The molecular weight excluding hydrogens is 310 g/mol. The molecule has 1 N–H and O–H groups in total. The maximum absolute atomic E-state index is 11.8. The number of benzene rings is 1. The third kappa shape index (κ3) is 8.16. The van der Waals surface area contributed by atoms with E-state index >= 15 is 0 Å². The highest BCUT2D eigenvalue weighted by atomic mass is 32.2. The van der Waals surface area contributed by atoms with Gasteiger partial charge in [0, 0.05) is 11.3 Å². The van der Waals surface area contributed by atoms with Gasteiger partial charge in [-0.2, -0.15) is 0 Å². The Kier molecular flexibility index (Phi) is 8.31. The van der Waals surface area contributed by atoms with Gasteiger partial charge in [-0.25, -0.2) is 0 Å². The number of ether oxygens (including phenoxy) is 2. The third-order valence-electron chi connectivity index (χ3n) is 2.98. The number of amides is 1. The van der Waals surface area contributed by atoms with E-state index in [1.807, 2.05) is 32.0 Å². The lowest BCUT2D eigenvalue weighted by molar-refractivity contribution is -0.118. The number of hydrogen-bond donors (Lipinski definition) is 1. The molecule has 1 aromatic rings. The summed E-state index contributed by atoms with van der Waals surface area (Å²) < 4.78 is 11.3. The number of thioether (sulfide) groups is 1. The summed E-state index contributed by atoms with van der Waals surface area (Å²) in [5.41, 5.74) is 1.13. The Balaban J connectivity index is 2.48. The standard InChI is InChI=1S/C18H29NO3S/c1-6-21-15-9-8-14(12-16(15)22-7-2)10-11-19-17(20)13-23-18(3,4)5/h8-9,12H,6-7,10-11,13H2,1-5H3,(H,19,20). The van der Waals surface area contributed by atoms with Crippen molar-refractivity contribution < 1.29 is 14.3 Å². The van der Waals surface area contributed by atoms with Gasteiger partial charge in [-0.1, -0.05) is 26.8 Å². The normalized spacial score (nSPS) is 11.2. The summed E-state index contributed by atoms with van der Waals surface area (Å²) in [6.07, 6.45) is 0.776. The van der Waals surface area contributed by atoms with Crippen LogP contribution >= 0.6 is 11.8 Å². The molecule has 0 unspecified atom stereocenters. The zero-order valence-corrected chi connectivity index (χ0v) is 15.7. The number of hydrogen-bond acceptors (Lipinski definition) is 4. The predicted molar refractivity (Wildman–Crippen MR) is 97.7 cm³/mol. The first kappa shape index (κ1) is 19.7. The maximum Gasteiger partial charge on any atom is 0.230 e. The summed E-state index contributed by atoms with van der Waals surface area (Å²) in [5.74, 6) is 2.11. The minimum Gasteiger partial charge on any atom is -0.490 e. The average molecular weight is 340 g/mol. The first-order chi connectivity index (χ1) is 10.9. The molecule has 0 aliphatic heterocycles. The van der Waals surface area contributed by atoms with E-state index in [4.69, 9.17) is 9.47 Å². The third-order valence-corrected chi connectivity index (χ3v) is 4.25. The summed E-state index contributed by atoms with van der Waals surface area (Å²) in [6.45, 7) is 12.1. The summed E-state index contributed by atoms with van der Waals surface area (Å²) >= 11 is 1.66. The van der Waals surface area contributed by atoms with Crippen LogP contribution in [-0.4, -0.2) is 36.2 Å². The van der Waals surface area contributed by atoms with Crippen molar-refractivity contribution in [3.63, 3.8) is 0 Å². The van der Waals surface area contributed by atoms with Gasteiger partial charge in [0.2, 0.25) is 5.91 Å². The van der Waals surface area contributed by atoms with Crippen LogP contribution in [0.5, 0.6) is 11.5 Å². The second-order valence-corrected chi connectivity index (χ2v) is 7.95. The molecule has 1 rings (SSSR count). The zero-order valence-electron chi connectivity index (χ0n) is 14.9. The lowest BCUT2D eigenvalue weighted by Crippen LogP contribution is -2.28. The molecule has 5 heteroatoms. The summed E-state index contributed by atoms with van der Waals surface area (Å²) in [7, 11) is 0. The molecule has 0 radical (unpaired) electrons. The van der Waals surface area contributed by atoms with Crippen molar-refractivity contribution in [2.24, 2.45) is 0 Å². The quantitative estimate of drug-likeness (QED) is 0.746. The monoisotopic (exact) mass is 339 g/mol. The van der Waals surface area contributed by atoms with Gasteiger partial charge in [-0.05, 0) is 38.0 Å². The molecule has 1 amide bonds. The Morgan fingerprint density at radius 3 is 2.39 bits per heavy atom. The zero-order chi connectivity index (χ0) is 17.3. The van der Waals surface area contributed by atoms with E-state index in [2.05, 4.69) is 26.1 Å². The van der Waals surface area contributed by atoms with E-state index in [1.165, 1.54) is 0 Å². The van der Waals surface area contributed by atoms with E-state index in [1.54, 1.807) is 11.8 Å². The highest BCUT2D eigenvalue weighted by Crippen LogP contribution is 2.28. The van der Waals surface area contributed by atoms with E-state index in [9.17, 15) is 4.79 Å². The SMILES string of the molecule is CCOc1ccc(CCNC(=O)CSC(C)(C)C)cc1OCC. The van der Waals surface area contributed by atoms with Crippen LogP contribution in [0.1, 0.15) is 40.2 Å². The van der Waals surface area contributed by atoms with Crippen molar-refractivity contribution >= 4 is 17.7 Å². The topological polar surface area (TPSA) is 47.6 Å². The minimum atomic E-state index is 0.0842. The van der Waals surface area contributed by atoms with Crippen molar-refractivity contribution in [3.8, 4) is 11.5 Å². The average Bonchev–Trinajstić information content (AvgIpc) is 2.47. The van der Waals surface area contributed by atoms with Gasteiger partial charge < -0.3 is 14.8 Å². The van der Waals surface area contributed by atoms with Crippen LogP contribution in [0.3, 0.4) is 0 Å². The van der Waals surface area contributed by atoms with E-state index in [-0.39, 0.29) is 10.7 Å². The van der Waals surface area contributed by atoms with E-state index < -0.39 is 0 Å². The fourth-order valence-electron chi connectivity index (χ4n) is 1.93. The highest BCUT2D eigenvalue weighted by molar-refractivity contribution is 8.01. The second kappa shape index (κ2) is 9.71. The molecule has 0 saturated heterocycles. The van der Waals surface area contributed by atoms with Crippen LogP contribution in [0.4, 0.5) is 0 Å². The second-order valence-electron chi connectivity index (χ2n) is 6.15. The molecule has 130 valence electrons. The van der Waals surface area contributed by atoms with Crippen molar-refractivity contribution in [2.45, 2.75) is 45.8 Å². The first-order valence-corrected chi connectivity index (χ1v) is 9.13. The molecule has 0 heterocycles. The van der Waals surface area contributed by atoms with Gasteiger partial charge in [-0.3, -0.25) is 4.79 Å². The Hall–Kier alpha value is -1.36. The molecule has 0 bridgehead atoms. The largest absolute Gasteiger partial charge is 0.490 e. The summed E-state index contributed by atoms with van der Waals surface area (Å²) in [5, 5.41) is 2.96. The number of carbonyl (C=O) groups excluding carboxylic acids is 1. The van der Waals surface area contributed by atoms with Gasteiger partial charge in [0.1, 0.15) is 0 Å². The van der Waals surface area contributed by atoms with Crippen molar-refractivity contribution in [1.82, 2.24) is 5.32 Å². The van der Waals surface area contributed by atoms with E-state index in [0.717, 1.165) is 23.5 Å². The fraction of sp³-hybridized carbons (Fsp3) is 0.611. The number of rotatable bonds is 9. The molecule has 0 fully saturated rings.